The number of alkyl halides is 1. The molecule has 0 aliphatic rings. The first-order valence-corrected chi connectivity index (χ1v) is 6.08. The van der Waals surface area contributed by atoms with Gasteiger partial charge in [-0.15, -0.1) is 0 Å². The van der Waals surface area contributed by atoms with E-state index in [9.17, 15) is 10.1 Å². The van der Waals surface area contributed by atoms with E-state index in [2.05, 4.69) is 20.9 Å². The van der Waals surface area contributed by atoms with Crippen molar-refractivity contribution in [2.75, 3.05) is 0 Å². The Morgan fingerprint density at radius 2 is 2.12 bits per heavy atom. The average Bonchev–Trinajstić information content (AvgIpc) is 2.39. The van der Waals surface area contributed by atoms with E-state index in [1.54, 1.807) is 12.3 Å². The van der Waals surface area contributed by atoms with Crippen LogP contribution in [0.1, 0.15) is 5.56 Å². The summed E-state index contributed by atoms with van der Waals surface area (Å²) >= 11 is 3.37. The maximum atomic E-state index is 10.7. The number of hydrogen-bond acceptors (Lipinski definition) is 3. The third-order valence-corrected chi connectivity index (χ3v) is 2.98. The molecule has 0 atom stereocenters. The van der Waals surface area contributed by atoms with Crippen molar-refractivity contribution in [1.82, 2.24) is 4.98 Å². The topological polar surface area (TPSA) is 56.0 Å². The molecule has 2 rings (SSSR count). The lowest BCUT2D eigenvalue weighted by Gasteiger charge is -2.02. The third-order valence-electron chi connectivity index (χ3n) is 2.33. The summed E-state index contributed by atoms with van der Waals surface area (Å²) in [5.74, 6) is 0. The molecule has 0 spiro atoms. The van der Waals surface area contributed by atoms with Gasteiger partial charge < -0.3 is 0 Å². The molecular formula is C12H9BrN2O2. The molecular weight excluding hydrogens is 284 g/mol. The molecule has 5 heteroatoms. The number of hydrogen-bond donors (Lipinski definition) is 0. The minimum Gasteiger partial charge on any atom is -0.258 e. The number of halogens is 1. The molecule has 17 heavy (non-hydrogen) atoms. The number of nitro groups is 1. The smallest absolute Gasteiger partial charge is 0.258 e. The highest BCUT2D eigenvalue weighted by Gasteiger charge is 2.07. The molecule has 0 aliphatic carbocycles. The summed E-state index contributed by atoms with van der Waals surface area (Å²) in [7, 11) is 0. The molecule has 0 radical (unpaired) electrons. The third kappa shape index (κ3) is 2.68. The molecule has 86 valence electrons. The lowest BCUT2D eigenvalue weighted by atomic mass is 10.1. The summed E-state index contributed by atoms with van der Waals surface area (Å²) in [5, 5.41) is 11.4. The van der Waals surface area contributed by atoms with Crippen LogP contribution in [0.5, 0.6) is 0 Å². The highest BCUT2D eigenvalue weighted by atomic mass is 79.9. The van der Waals surface area contributed by atoms with Crippen LogP contribution in [0, 0.1) is 10.1 Å². The monoisotopic (exact) mass is 292 g/mol. The number of nitro benzene ring substituents is 1. The Labute approximate surface area is 107 Å². The first-order valence-electron chi connectivity index (χ1n) is 4.96. The van der Waals surface area contributed by atoms with Gasteiger partial charge in [0.25, 0.3) is 5.69 Å². The number of non-ortho nitro benzene ring substituents is 1. The Hall–Kier alpha value is -1.75. The first kappa shape index (κ1) is 11.7. The Morgan fingerprint density at radius 3 is 2.82 bits per heavy atom. The summed E-state index contributed by atoms with van der Waals surface area (Å²) in [5.41, 5.74) is 2.66. The Morgan fingerprint density at radius 1 is 1.29 bits per heavy atom. The van der Waals surface area contributed by atoms with Crippen molar-refractivity contribution in [2.24, 2.45) is 0 Å². The van der Waals surface area contributed by atoms with Gasteiger partial charge in [0.05, 0.1) is 10.6 Å². The van der Waals surface area contributed by atoms with E-state index in [1.807, 2.05) is 18.2 Å². The number of nitrogens with zero attached hydrogens (tertiary/aromatic N) is 2. The van der Waals surface area contributed by atoms with E-state index in [4.69, 9.17) is 0 Å². The van der Waals surface area contributed by atoms with Gasteiger partial charge in [0, 0.05) is 29.2 Å². The van der Waals surface area contributed by atoms with Crippen molar-refractivity contribution in [3.8, 4) is 11.3 Å². The van der Waals surface area contributed by atoms with Crippen molar-refractivity contribution >= 4 is 21.6 Å². The van der Waals surface area contributed by atoms with Crippen molar-refractivity contribution in [3.63, 3.8) is 0 Å². The Bertz CT molecular complexity index is 558. The normalized spacial score (nSPS) is 10.2. The molecule has 0 unspecified atom stereocenters. The second-order valence-electron chi connectivity index (χ2n) is 3.49. The molecule has 0 saturated carbocycles. The minimum absolute atomic E-state index is 0.0774. The van der Waals surface area contributed by atoms with E-state index in [1.165, 1.54) is 12.1 Å². The fourth-order valence-corrected chi connectivity index (χ4v) is 1.84. The van der Waals surface area contributed by atoms with Gasteiger partial charge in [-0.3, -0.25) is 15.1 Å². The molecule has 0 bridgehead atoms. The number of aromatic nitrogens is 1. The highest BCUT2D eigenvalue weighted by Crippen LogP contribution is 2.23. The zero-order chi connectivity index (χ0) is 12.3. The highest BCUT2D eigenvalue weighted by molar-refractivity contribution is 9.08. The van der Waals surface area contributed by atoms with Gasteiger partial charge in [-0.1, -0.05) is 28.1 Å². The molecule has 4 nitrogen and oxygen atoms in total. The maximum Gasteiger partial charge on any atom is 0.270 e. The van der Waals surface area contributed by atoms with Crippen LogP contribution in [0.4, 0.5) is 5.69 Å². The van der Waals surface area contributed by atoms with Gasteiger partial charge in [0.15, 0.2) is 0 Å². The molecule has 0 fully saturated rings. The predicted molar refractivity (Wildman–Crippen MR) is 69.0 cm³/mol. The lowest BCUT2D eigenvalue weighted by Crippen LogP contribution is -1.90. The summed E-state index contributed by atoms with van der Waals surface area (Å²) in [4.78, 5) is 14.5. The summed E-state index contributed by atoms with van der Waals surface area (Å²) in [6.45, 7) is 0. The Kier molecular flexibility index (Phi) is 3.49. The first-order chi connectivity index (χ1) is 8.20. The Balaban J connectivity index is 2.45. The van der Waals surface area contributed by atoms with Crippen LogP contribution >= 0.6 is 15.9 Å². The van der Waals surface area contributed by atoms with E-state index in [0.717, 1.165) is 22.2 Å². The van der Waals surface area contributed by atoms with E-state index in [-0.39, 0.29) is 5.69 Å². The summed E-state index contributed by atoms with van der Waals surface area (Å²) < 4.78 is 0. The van der Waals surface area contributed by atoms with Gasteiger partial charge in [-0.05, 0) is 17.7 Å². The molecule has 0 amide bonds. The van der Waals surface area contributed by atoms with Crippen LogP contribution < -0.4 is 0 Å². The van der Waals surface area contributed by atoms with Crippen LogP contribution in [-0.4, -0.2) is 9.91 Å². The van der Waals surface area contributed by atoms with Crippen LogP contribution in [0.25, 0.3) is 11.3 Å². The van der Waals surface area contributed by atoms with Gasteiger partial charge in [0.2, 0.25) is 0 Å². The largest absolute Gasteiger partial charge is 0.270 e. The predicted octanol–water partition coefficient (Wildman–Crippen LogP) is 3.55. The van der Waals surface area contributed by atoms with E-state index in [0.29, 0.717) is 0 Å². The summed E-state index contributed by atoms with van der Waals surface area (Å²) in [6.07, 6.45) is 1.70. The second kappa shape index (κ2) is 5.05. The van der Waals surface area contributed by atoms with E-state index >= 15 is 0 Å². The molecule has 2 aromatic rings. The maximum absolute atomic E-state index is 10.7. The SMILES string of the molecule is O=[N+]([O-])c1cccc(-c2cc(CBr)ccn2)c1. The molecule has 0 N–H and O–H groups in total. The van der Waals surface area contributed by atoms with Crippen LogP contribution in [0.3, 0.4) is 0 Å². The minimum atomic E-state index is -0.405. The van der Waals surface area contributed by atoms with Gasteiger partial charge in [-0.25, -0.2) is 0 Å². The fourth-order valence-electron chi connectivity index (χ4n) is 1.49. The lowest BCUT2D eigenvalue weighted by molar-refractivity contribution is -0.384. The molecule has 1 heterocycles. The van der Waals surface area contributed by atoms with Gasteiger partial charge >= 0.3 is 0 Å². The van der Waals surface area contributed by atoms with Crippen molar-refractivity contribution in [3.05, 3.63) is 58.3 Å². The zero-order valence-electron chi connectivity index (χ0n) is 8.84. The average molecular weight is 293 g/mol. The van der Waals surface area contributed by atoms with Crippen molar-refractivity contribution in [2.45, 2.75) is 5.33 Å². The van der Waals surface area contributed by atoms with Gasteiger partial charge in [0.1, 0.15) is 0 Å². The summed E-state index contributed by atoms with van der Waals surface area (Å²) in [6, 6.07) is 10.3. The van der Waals surface area contributed by atoms with Crippen LogP contribution in [0.2, 0.25) is 0 Å². The molecule has 0 saturated heterocycles. The molecule has 1 aromatic carbocycles. The standard InChI is InChI=1S/C12H9BrN2O2/c13-8-9-4-5-14-12(6-9)10-2-1-3-11(7-10)15(16)17/h1-7H,8H2. The van der Waals surface area contributed by atoms with Crippen molar-refractivity contribution in [1.29, 1.82) is 0 Å². The van der Waals surface area contributed by atoms with Gasteiger partial charge in [-0.2, -0.15) is 0 Å². The van der Waals surface area contributed by atoms with Crippen molar-refractivity contribution < 1.29 is 4.92 Å². The second-order valence-corrected chi connectivity index (χ2v) is 4.05. The quantitative estimate of drug-likeness (QED) is 0.494. The number of rotatable bonds is 3. The number of benzene rings is 1. The zero-order valence-corrected chi connectivity index (χ0v) is 10.4. The fraction of sp³-hybridized carbons (Fsp3) is 0.0833. The van der Waals surface area contributed by atoms with Crippen LogP contribution in [0.15, 0.2) is 42.6 Å². The van der Waals surface area contributed by atoms with E-state index < -0.39 is 4.92 Å². The molecule has 1 aromatic heterocycles. The molecule has 0 aliphatic heterocycles. The number of pyridine rings is 1. The van der Waals surface area contributed by atoms with Crippen LogP contribution in [-0.2, 0) is 5.33 Å².